The predicted molar refractivity (Wildman–Crippen MR) is 83.8 cm³/mol. The summed E-state index contributed by atoms with van der Waals surface area (Å²) in [6.07, 6.45) is 1.27. The van der Waals surface area contributed by atoms with E-state index >= 15 is 0 Å². The maximum Gasteiger partial charge on any atom is 0.305 e. The van der Waals surface area contributed by atoms with Crippen molar-refractivity contribution in [1.29, 1.82) is 0 Å². The lowest BCUT2D eigenvalue weighted by Gasteiger charge is -2.09. The van der Waals surface area contributed by atoms with Crippen LogP contribution in [0.15, 0.2) is 42.7 Å². The molecule has 0 saturated carbocycles. The Morgan fingerprint density at radius 2 is 2.09 bits per heavy atom. The number of nitrogens with two attached hydrogens (primary N) is 1. The summed E-state index contributed by atoms with van der Waals surface area (Å²) in [6.45, 7) is 0.386. The van der Waals surface area contributed by atoms with Crippen LogP contribution in [0.3, 0.4) is 0 Å². The quantitative estimate of drug-likeness (QED) is 0.566. The molecule has 0 radical (unpaired) electrons. The SMILES string of the molecule is NCc1cccc(Nc2ncnc3cc(F)c([N+](=O)[O-])cc23)c1. The molecule has 1 heterocycles. The number of nitro groups is 1. The zero-order valence-corrected chi connectivity index (χ0v) is 11.9. The van der Waals surface area contributed by atoms with E-state index in [-0.39, 0.29) is 5.52 Å². The van der Waals surface area contributed by atoms with E-state index in [4.69, 9.17) is 5.73 Å². The lowest BCUT2D eigenvalue weighted by atomic mass is 10.1. The molecule has 0 unspecified atom stereocenters. The van der Waals surface area contributed by atoms with Crippen LogP contribution in [-0.2, 0) is 6.54 Å². The monoisotopic (exact) mass is 313 g/mol. The number of nitrogens with zero attached hydrogens (tertiary/aromatic N) is 3. The summed E-state index contributed by atoms with van der Waals surface area (Å²) in [5.74, 6) is -0.579. The van der Waals surface area contributed by atoms with Crippen LogP contribution in [0.5, 0.6) is 0 Å². The summed E-state index contributed by atoms with van der Waals surface area (Å²) in [5, 5.41) is 14.3. The van der Waals surface area contributed by atoms with Gasteiger partial charge in [0.25, 0.3) is 0 Å². The number of benzene rings is 2. The van der Waals surface area contributed by atoms with Gasteiger partial charge in [0.1, 0.15) is 12.1 Å². The maximum atomic E-state index is 13.7. The van der Waals surface area contributed by atoms with E-state index in [1.54, 1.807) is 0 Å². The minimum Gasteiger partial charge on any atom is -0.340 e. The predicted octanol–water partition coefficient (Wildman–Crippen LogP) is 2.88. The molecule has 0 saturated heterocycles. The van der Waals surface area contributed by atoms with Crippen molar-refractivity contribution >= 4 is 28.1 Å². The Hall–Kier alpha value is -3.13. The van der Waals surface area contributed by atoms with Crippen LogP contribution in [0.25, 0.3) is 10.9 Å². The largest absolute Gasteiger partial charge is 0.340 e. The fraction of sp³-hybridized carbons (Fsp3) is 0.0667. The van der Waals surface area contributed by atoms with Gasteiger partial charge in [0.05, 0.1) is 15.8 Å². The number of anilines is 2. The third kappa shape index (κ3) is 2.92. The van der Waals surface area contributed by atoms with Gasteiger partial charge in [-0.05, 0) is 17.7 Å². The van der Waals surface area contributed by atoms with Gasteiger partial charge in [-0.25, -0.2) is 9.97 Å². The van der Waals surface area contributed by atoms with Crippen LogP contribution in [0.4, 0.5) is 21.6 Å². The van der Waals surface area contributed by atoms with Crippen molar-refractivity contribution in [2.45, 2.75) is 6.54 Å². The molecule has 0 atom stereocenters. The zero-order chi connectivity index (χ0) is 16.4. The summed E-state index contributed by atoms with van der Waals surface area (Å²) >= 11 is 0. The number of fused-ring (bicyclic) bond motifs is 1. The molecule has 0 aliphatic heterocycles. The second-order valence-corrected chi connectivity index (χ2v) is 4.83. The Kier molecular flexibility index (Phi) is 3.82. The van der Waals surface area contributed by atoms with Crippen molar-refractivity contribution in [3.63, 3.8) is 0 Å². The van der Waals surface area contributed by atoms with Gasteiger partial charge >= 0.3 is 5.69 Å². The van der Waals surface area contributed by atoms with Crippen LogP contribution < -0.4 is 11.1 Å². The maximum absolute atomic E-state index is 13.7. The Bertz CT molecular complexity index is 900. The highest BCUT2D eigenvalue weighted by molar-refractivity contribution is 5.92. The molecule has 0 aliphatic carbocycles. The van der Waals surface area contributed by atoms with Gasteiger partial charge in [0, 0.05) is 24.4 Å². The van der Waals surface area contributed by atoms with Crippen LogP contribution in [0.1, 0.15) is 5.56 Å². The Balaban J connectivity index is 2.09. The number of rotatable bonds is 4. The standard InChI is InChI=1S/C15H12FN5O2/c16-12-6-13-11(5-14(12)21(22)23)15(19-8-18-13)20-10-3-1-2-9(4-10)7-17/h1-6,8H,7,17H2,(H,18,19,20). The van der Waals surface area contributed by atoms with Crippen molar-refractivity contribution in [2.24, 2.45) is 5.73 Å². The molecule has 0 spiro atoms. The summed E-state index contributed by atoms with van der Waals surface area (Å²) in [5.41, 5.74) is 6.91. The van der Waals surface area contributed by atoms with Crippen molar-refractivity contribution in [2.75, 3.05) is 5.32 Å². The van der Waals surface area contributed by atoms with E-state index in [0.29, 0.717) is 17.7 Å². The van der Waals surface area contributed by atoms with Gasteiger partial charge in [-0.3, -0.25) is 10.1 Å². The summed E-state index contributed by atoms with van der Waals surface area (Å²) in [6, 6.07) is 9.51. The number of hydrogen-bond acceptors (Lipinski definition) is 6. The van der Waals surface area contributed by atoms with Gasteiger partial charge in [-0.2, -0.15) is 4.39 Å². The summed E-state index contributed by atoms with van der Waals surface area (Å²) < 4.78 is 13.7. The van der Waals surface area contributed by atoms with Gasteiger partial charge in [-0.1, -0.05) is 12.1 Å². The van der Waals surface area contributed by atoms with Crippen LogP contribution >= 0.6 is 0 Å². The fourth-order valence-corrected chi connectivity index (χ4v) is 2.22. The first-order valence-electron chi connectivity index (χ1n) is 6.73. The molecule has 3 aromatic rings. The van der Waals surface area contributed by atoms with Crippen LogP contribution in [0, 0.1) is 15.9 Å². The topological polar surface area (TPSA) is 107 Å². The average molecular weight is 313 g/mol. The van der Waals surface area contributed by atoms with Crippen LogP contribution in [-0.4, -0.2) is 14.9 Å². The number of halogens is 1. The number of nitro benzene ring substituents is 1. The van der Waals surface area contributed by atoms with Gasteiger partial charge in [-0.15, -0.1) is 0 Å². The Morgan fingerprint density at radius 1 is 1.26 bits per heavy atom. The minimum absolute atomic E-state index is 0.278. The lowest BCUT2D eigenvalue weighted by molar-refractivity contribution is -0.387. The van der Waals surface area contributed by atoms with E-state index in [1.165, 1.54) is 6.33 Å². The molecule has 0 bridgehead atoms. The van der Waals surface area contributed by atoms with Crippen molar-refractivity contribution in [3.05, 3.63) is 64.2 Å². The normalized spacial score (nSPS) is 10.7. The molecular formula is C15H12FN5O2. The first-order valence-corrected chi connectivity index (χ1v) is 6.73. The van der Waals surface area contributed by atoms with Crippen LogP contribution in [0.2, 0.25) is 0 Å². The molecular weight excluding hydrogens is 301 g/mol. The molecule has 0 aliphatic rings. The van der Waals surface area contributed by atoms with Crippen molar-refractivity contribution in [3.8, 4) is 0 Å². The van der Waals surface area contributed by atoms with Gasteiger partial charge < -0.3 is 11.1 Å². The number of nitrogens with one attached hydrogen (secondary N) is 1. The van der Waals surface area contributed by atoms with E-state index in [9.17, 15) is 14.5 Å². The molecule has 7 nitrogen and oxygen atoms in total. The van der Waals surface area contributed by atoms with E-state index in [0.717, 1.165) is 23.4 Å². The second-order valence-electron chi connectivity index (χ2n) is 4.83. The van der Waals surface area contributed by atoms with Crippen molar-refractivity contribution < 1.29 is 9.31 Å². The lowest BCUT2D eigenvalue weighted by Crippen LogP contribution is -2.00. The highest BCUT2D eigenvalue weighted by Gasteiger charge is 2.17. The molecule has 0 fully saturated rings. The third-order valence-corrected chi connectivity index (χ3v) is 3.33. The molecule has 23 heavy (non-hydrogen) atoms. The first-order chi connectivity index (χ1) is 11.1. The second kappa shape index (κ2) is 5.93. The highest BCUT2D eigenvalue weighted by Crippen LogP contribution is 2.29. The van der Waals surface area contributed by atoms with E-state index in [2.05, 4.69) is 15.3 Å². The molecule has 116 valence electrons. The Morgan fingerprint density at radius 3 is 2.83 bits per heavy atom. The smallest absolute Gasteiger partial charge is 0.305 e. The van der Waals surface area contributed by atoms with E-state index in [1.807, 2.05) is 24.3 Å². The zero-order valence-electron chi connectivity index (χ0n) is 11.9. The first kappa shape index (κ1) is 14.8. The molecule has 3 N–H and O–H groups in total. The minimum atomic E-state index is -0.933. The molecule has 2 aromatic carbocycles. The van der Waals surface area contributed by atoms with Crippen molar-refractivity contribution in [1.82, 2.24) is 9.97 Å². The van der Waals surface area contributed by atoms with Gasteiger partial charge in [0.2, 0.25) is 5.82 Å². The summed E-state index contributed by atoms with van der Waals surface area (Å²) in [4.78, 5) is 18.2. The number of aromatic nitrogens is 2. The van der Waals surface area contributed by atoms with E-state index < -0.39 is 16.4 Å². The molecule has 8 heteroatoms. The third-order valence-electron chi connectivity index (χ3n) is 3.33. The average Bonchev–Trinajstić information content (AvgIpc) is 2.54. The highest BCUT2D eigenvalue weighted by atomic mass is 19.1. The summed E-state index contributed by atoms with van der Waals surface area (Å²) in [7, 11) is 0. The number of hydrogen-bond donors (Lipinski definition) is 2. The fourth-order valence-electron chi connectivity index (χ4n) is 2.22. The Labute approximate surface area is 130 Å². The molecule has 0 amide bonds. The molecule has 1 aromatic heterocycles. The van der Waals surface area contributed by atoms with Gasteiger partial charge in [0.15, 0.2) is 0 Å². The molecule has 3 rings (SSSR count).